The van der Waals surface area contributed by atoms with Gasteiger partial charge in [0, 0.05) is 6.54 Å². The molecule has 3 N–H and O–H groups in total. The van der Waals surface area contributed by atoms with E-state index in [1.54, 1.807) is 26.0 Å². The van der Waals surface area contributed by atoms with Crippen molar-refractivity contribution in [3.8, 4) is 0 Å². The van der Waals surface area contributed by atoms with Crippen LogP contribution < -0.4 is 16.0 Å². The van der Waals surface area contributed by atoms with Crippen LogP contribution in [0.3, 0.4) is 0 Å². The van der Waals surface area contributed by atoms with E-state index in [2.05, 4.69) is 5.32 Å². The maximum atomic E-state index is 12.1. The number of rotatable bonds is 2. The number of anilines is 1. The van der Waals surface area contributed by atoms with Crippen LogP contribution in [0.25, 0.3) is 0 Å². The van der Waals surface area contributed by atoms with Crippen molar-refractivity contribution < 1.29 is 9.59 Å². The van der Waals surface area contributed by atoms with E-state index < -0.39 is 5.54 Å². The smallest absolute Gasteiger partial charge is 0.326 e. The van der Waals surface area contributed by atoms with Gasteiger partial charge in [-0.25, -0.2) is 9.69 Å². The highest BCUT2D eigenvalue weighted by Crippen LogP contribution is 2.26. The number of carbonyl (C=O) groups is 2. The summed E-state index contributed by atoms with van der Waals surface area (Å²) in [6.07, 6.45) is 0. The summed E-state index contributed by atoms with van der Waals surface area (Å²) in [5.74, 6) is -0.243. The molecule has 0 bridgehead atoms. The van der Waals surface area contributed by atoms with Crippen LogP contribution in [0.4, 0.5) is 10.5 Å². The summed E-state index contributed by atoms with van der Waals surface area (Å²) >= 11 is 0. The van der Waals surface area contributed by atoms with Crippen molar-refractivity contribution in [1.29, 1.82) is 0 Å². The second kappa shape index (κ2) is 5.19. The van der Waals surface area contributed by atoms with Gasteiger partial charge in [0.15, 0.2) is 0 Å². The van der Waals surface area contributed by atoms with Gasteiger partial charge in [-0.3, -0.25) is 4.79 Å². The van der Waals surface area contributed by atoms with Gasteiger partial charge in [-0.2, -0.15) is 0 Å². The molecule has 1 heterocycles. The number of imide groups is 1. The van der Waals surface area contributed by atoms with Crippen LogP contribution in [0.15, 0.2) is 18.2 Å². The maximum Gasteiger partial charge on any atom is 0.329 e. The van der Waals surface area contributed by atoms with Gasteiger partial charge < -0.3 is 11.1 Å². The van der Waals surface area contributed by atoms with E-state index in [0.29, 0.717) is 12.2 Å². The van der Waals surface area contributed by atoms with Gasteiger partial charge in [0.25, 0.3) is 5.91 Å². The number of benzene rings is 1. The summed E-state index contributed by atoms with van der Waals surface area (Å²) in [6.45, 7) is 5.73. The number of nitrogens with one attached hydrogen (secondary N) is 1. The van der Waals surface area contributed by atoms with Crippen LogP contribution in [0.5, 0.6) is 0 Å². The highest BCUT2D eigenvalue weighted by Gasteiger charge is 2.45. The van der Waals surface area contributed by atoms with Gasteiger partial charge in [0.2, 0.25) is 0 Å². The quantitative estimate of drug-likeness (QED) is 0.812. The number of nitrogens with zero attached hydrogens (tertiary/aromatic N) is 1. The Morgan fingerprint density at radius 3 is 2.37 bits per heavy atom. The van der Waals surface area contributed by atoms with Gasteiger partial charge in [-0.05, 0) is 44.0 Å². The number of aryl methyl sites for hydroxylation is 1. The first-order valence-electron chi connectivity index (χ1n) is 5.83. The molecule has 1 saturated heterocycles. The minimum absolute atomic E-state index is 0. The van der Waals surface area contributed by atoms with Crippen LogP contribution in [0, 0.1) is 6.92 Å². The van der Waals surface area contributed by atoms with Crippen LogP contribution in [0.1, 0.15) is 25.0 Å². The number of urea groups is 1. The Morgan fingerprint density at radius 1 is 1.32 bits per heavy atom. The lowest BCUT2D eigenvalue weighted by atomic mass is 10.1. The Kier molecular flexibility index (Phi) is 4.22. The molecule has 1 aromatic rings. The molecule has 2 rings (SSSR count). The van der Waals surface area contributed by atoms with Crippen molar-refractivity contribution in [1.82, 2.24) is 5.32 Å². The minimum atomic E-state index is -0.850. The molecule has 3 amide bonds. The van der Waals surface area contributed by atoms with Gasteiger partial charge >= 0.3 is 6.03 Å². The Hall–Kier alpha value is -1.59. The molecule has 1 aromatic carbocycles. The van der Waals surface area contributed by atoms with E-state index in [9.17, 15) is 9.59 Å². The zero-order valence-corrected chi connectivity index (χ0v) is 12.0. The maximum absolute atomic E-state index is 12.1. The van der Waals surface area contributed by atoms with Crippen molar-refractivity contribution in [3.05, 3.63) is 29.3 Å². The lowest BCUT2D eigenvalue weighted by Gasteiger charge is -2.17. The molecule has 104 valence electrons. The third kappa shape index (κ3) is 2.57. The fraction of sp³-hybridized carbons (Fsp3) is 0.385. The number of hydrogen-bond donors (Lipinski definition) is 2. The molecular formula is C13H18ClN3O2. The largest absolute Gasteiger partial charge is 0.329 e. The molecule has 1 fully saturated rings. The molecule has 0 atom stereocenters. The minimum Gasteiger partial charge on any atom is -0.326 e. The Balaban J connectivity index is 0.00000180. The van der Waals surface area contributed by atoms with Gasteiger partial charge in [0.05, 0.1) is 5.69 Å². The first-order chi connectivity index (χ1) is 8.36. The summed E-state index contributed by atoms with van der Waals surface area (Å²) in [5, 5.41) is 2.65. The highest BCUT2D eigenvalue weighted by atomic mass is 35.5. The SMILES string of the molecule is Cc1cc(N2C(=O)NC(C)(C)C2=O)ccc1CN.Cl. The number of amides is 3. The fourth-order valence-electron chi connectivity index (χ4n) is 2.03. The van der Waals surface area contributed by atoms with Gasteiger partial charge in [-0.15, -0.1) is 12.4 Å². The van der Waals surface area contributed by atoms with E-state index in [4.69, 9.17) is 5.73 Å². The lowest BCUT2D eigenvalue weighted by Crippen LogP contribution is -2.40. The van der Waals surface area contributed by atoms with Crippen LogP contribution in [-0.2, 0) is 11.3 Å². The second-order valence-electron chi connectivity index (χ2n) is 5.01. The predicted molar refractivity (Wildman–Crippen MR) is 76.4 cm³/mol. The molecule has 0 spiro atoms. The number of nitrogens with two attached hydrogens (primary N) is 1. The monoisotopic (exact) mass is 283 g/mol. The van der Waals surface area contributed by atoms with E-state index in [1.807, 2.05) is 13.0 Å². The number of carbonyl (C=O) groups excluding carboxylic acids is 2. The Labute approximate surface area is 118 Å². The Bertz CT molecular complexity index is 529. The molecule has 6 heteroatoms. The van der Waals surface area contributed by atoms with Gasteiger partial charge in [-0.1, -0.05) is 6.07 Å². The molecular weight excluding hydrogens is 266 g/mol. The molecule has 0 aromatic heterocycles. The summed E-state index contributed by atoms with van der Waals surface area (Å²) in [6, 6.07) is 5.01. The summed E-state index contributed by atoms with van der Waals surface area (Å²) in [7, 11) is 0. The van der Waals surface area contributed by atoms with E-state index in [-0.39, 0.29) is 24.3 Å². The molecule has 0 saturated carbocycles. The molecule has 1 aliphatic heterocycles. The molecule has 0 radical (unpaired) electrons. The molecule has 1 aliphatic rings. The molecule has 0 unspecified atom stereocenters. The normalized spacial score (nSPS) is 17.2. The zero-order chi connectivity index (χ0) is 13.5. The predicted octanol–water partition coefficient (Wildman–Crippen LogP) is 1.71. The van der Waals surface area contributed by atoms with Crippen molar-refractivity contribution in [3.63, 3.8) is 0 Å². The van der Waals surface area contributed by atoms with Crippen molar-refractivity contribution in [2.75, 3.05) is 4.90 Å². The molecule has 19 heavy (non-hydrogen) atoms. The second-order valence-corrected chi connectivity index (χ2v) is 5.01. The highest BCUT2D eigenvalue weighted by molar-refractivity contribution is 6.23. The van der Waals surface area contributed by atoms with E-state index >= 15 is 0 Å². The molecule has 5 nitrogen and oxygen atoms in total. The van der Waals surface area contributed by atoms with Gasteiger partial charge in [0.1, 0.15) is 5.54 Å². The fourth-order valence-corrected chi connectivity index (χ4v) is 2.03. The standard InChI is InChI=1S/C13H17N3O2.ClH/c1-8-6-10(5-4-9(8)7-14)16-11(17)13(2,3)15-12(16)18;/h4-6H,7,14H2,1-3H3,(H,15,18);1H. The summed E-state index contributed by atoms with van der Waals surface area (Å²) < 4.78 is 0. The topological polar surface area (TPSA) is 75.4 Å². The van der Waals surface area contributed by atoms with Crippen LogP contribution >= 0.6 is 12.4 Å². The number of halogens is 1. The lowest BCUT2D eigenvalue weighted by molar-refractivity contribution is -0.120. The first kappa shape index (κ1) is 15.5. The van der Waals surface area contributed by atoms with Crippen molar-refractivity contribution in [2.45, 2.75) is 32.9 Å². The Morgan fingerprint density at radius 2 is 1.95 bits per heavy atom. The summed E-state index contributed by atoms with van der Waals surface area (Å²) in [4.78, 5) is 25.1. The van der Waals surface area contributed by atoms with E-state index in [1.165, 1.54) is 4.90 Å². The molecule has 0 aliphatic carbocycles. The third-order valence-electron chi connectivity index (χ3n) is 3.16. The average Bonchev–Trinajstić information content (AvgIpc) is 2.48. The number of hydrogen-bond acceptors (Lipinski definition) is 3. The average molecular weight is 284 g/mol. The van der Waals surface area contributed by atoms with Crippen molar-refractivity contribution >= 4 is 30.0 Å². The van der Waals surface area contributed by atoms with Crippen LogP contribution in [-0.4, -0.2) is 17.5 Å². The van der Waals surface area contributed by atoms with E-state index in [0.717, 1.165) is 11.1 Å². The van der Waals surface area contributed by atoms with Crippen molar-refractivity contribution in [2.24, 2.45) is 5.73 Å². The van der Waals surface area contributed by atoms with Crippen LogP contribution in [0.2, 0.25) is 0 Å². The third-order valence-corrected chi connectivity index (χ3v) is 3.16. The summed E-state index contributed by atoms with van der Waals surface area (Å²) in [5.41, 5.74) is 7.30. The zero-order valence-electron chi connectivity index (χ0n) is 11.2. The first-order valence-corrected chi connectivity index (χ1v) is 5.83.